The van der Waals surface area contributed by atoms with Crippen molar-refractivity contribution < 1.29 is 9.21 Å². The number of aryl methyl sites for hydroxylation is 1. The number of ketones is 1. The average Bonchev–Trinajstić information content (AvgIpc) is 2.47. The molecule has 0 spiro atoms. The summed E-state index contributed by atoms with van der Waals surface area (Å²) < 4.78 is 5.05. The number of carbonyl (C=O) groups is 1. The maximum atomic E-state index is 11.5. The van der Waals surface area contributed by atoms with E-state index in [1.807, 2.05) is 6.92 Å². The Morgan fingerprint density at radius 3 is 2.69 bits per heavy atom. The summed E-state index contributed by atoms with van der Waals surface area (Å²) in [5, 5.41) is 0. The molecule has 0 fully saturated rings. The molecule has 0 bridgehead atoms. The van der Waals surface area contributed by atoms with E-state index < -0.39 is 0 Å². The number of hydrogen-bond acceptors (Lipinski definition) is 2. The number of carbonyl (C=O) groups excluding carboxylic acids is 1. The molecule has 1 rings (SSSR count). The lowest BCUT2D eigenvalue weighted by Gasteiger charge is -1.98. The maximum Gasteiger partial charge on any atom is 0.166 e. The minimum Gasteiger partial charge on any atom is -0.469 e. The van der Waals surface area contributed by atoms with Gasteiger partial charge in [-0.15, -0.1) is 6.58 Å². The summed E-state index contributed by atoms with van der Waals surface area (Å²) in [4.78, 5) is 11.5. The Hall–Kier alpha value is -1.31. The van der Waals surface area contributed by atoms with Gasteiger partial charge in [0, 0.05) is 6.42 Å². The zero-order valence-electron chi connectivity index (χ0n) is 8.09. The minimum atomic E-state index is 0.134. The Morgan fingerprint density at radius 1 is 1.54 bits per heavy atom. The van der Waals surface area contributed by atoms with Crippen molar-refractivity contribution in [2.75, 3.05) is 0 Å². The summed E-state index contributed by atoms with van der Waals surface area (Å²) in [6.45, 7) is 7.48. The highest BCUT2D eigenvalue weighted by Gasteiger charge is 2.10. The first-order valence-corrected chi connectivity index (χ1v) is 4.33. The molecule has 0 saturated heterocycles. The van der Waals surface area contributed by atoms with E-state index >= 15 is 0 Å². The molecule has 0 aliphatic rings. The largest absolute Gasteiger partial charge is 0.469 e. The van der Waals surface area contributed by atoms with E-state index in [0.29, 0.717) is 17.7 Å². The quantitative estimate of drug-likeness (QED) is 0.523. The second-order valence-electron chi connectivity index (χ2n) is 3.27. The standard InChI is InChI=1S/C11H14O2/c1-8(2)4-5-11(12)10-6-7-13-9(10)3/h6-7H,1,4-5H2,2-3H3. The Morgan fingerprint density at radius 2 is 2.23 bits per heavy atom. The first-order chi connectivity index (χ1) is 6.11. The SMILES string of the molecule is C=C(C)CCC(=O)c1ccoc1C. The van der Waals surface area contributed by atoms with Crippen LogP contribution in [0.4, 0.5) is 0 Å². The van der Waals surface area contributed by atoms with Crippen molar-refractivity contribution in [2.24, 2.45) is 0 Å². The van der Waals surface area contributed by atoms with Crippen LogP contribution in [0.2, 0.25) is 0 Å². The monoisotopic (exact) mass is 178 g/mol. The number of rotatable bonds is 4. The number of furan rings is 1. The smallest absolute Gasteiger partial charge is 0.166 e. The van der Waals surface area contributed by atoms with Gasteiger partial charge in [-0.25, -0.2) is 0 Å². The molecule has 0 amide bonds. The van der Waals surface area contributed by atoms with Gasteiger partial charge in [0.05, 0.1) is 11.8 Å². The van der Waals surface area contributed by atoms with Crippen LogP contribution < -0.4 is 0 Å². The van der Waals surface area contributed by atoms with Gasteiger partial charge >= 0.3 is 0 Å². The Kier molecular flexibility index (Phi) is 3.07. The average molecular weight is 178 g/mol. The number of hydrogen-bond donors (Lipinski definition) is 0. The van der Waals surface area contributed by atoms with Crippen molar-refractivity contribution in [1.29, 1.82) is 0 Å². The maximum absolute atomic E-state index is 11.5. The molecule has 0 radical (unpaired) electrons. The molecule has 0 atom stereocenters. The summed E-state index contributed by atoms with van der Waals surface area (Å²) in [5.41, 5.74) is 1.73. The second kappa shape index (κ2) is 4.08. The molecule has 0 aliphatic carbocycles. The summed E-state index contributed by atoms with van der Waals surface area (Å²) in [7, 11) is 0. The fourth-order valence-corrected chi connectivity index (χ4v) is 1.14. The van der Waals surface area contributed by atoms with E-state index in [2.05, 4.69) is 6.58 Å². The summed E-state index contributed by atoms with van der Waals surface area (Å²) in [6.07, 6.45) is 2.82. The predicted molar refractivity (Wildman–Crippen MR) is 51.8 cm³/mol. The molecule has 2 nitrogen and oxygen atoms in total. The Labute approximate surface area is 78.3 Å². The lowest BCUT2D eigenvalue weighted by atomic mass is 10.1. The van der Waals surface area contributed by atoms with Crippen molar-refractivity contribution in [1.82, 2.24) is 0 Å². The third-order valence-electron chi connectivity index (χ3n) is 1.94. The molecule has 0 saturated carbocycles. The third kappa shape index (κ3) is 2.58. The van der Waals surface area contributed by atoms with Gasteiger partial charge < -0.3 is 4.42 Å². The third-order valence-corrected chi connectivity index (χ3v) is 1.94. The molecule has 2 heteroatoms. The molecule has 1 aromatic heterocycles. The van der Waals surface area contributed by atoms with Crippen molar-refractivity contribution >= 4 is 5.78 Å². The van der Waals surface area contributed by atoms with Crippen LogP contribution in [0.3, 0.4) is 0 Å². The second-order valence-corrected chi connectivity index (χ2v) is 3.27. The fraction of sp³-hybridized carbons (Fsp3) is 0.364. The van der Waals surface area contributed by atoms with Gasteiger partial charge in [0.2, 0.25) is 0 Å². The molecule has 0 unspecified atom stereocenters. The van der Waals surface area contributed by atoms with Crippen molar-refractivity contribution in [3.63, 3.8) is 0 Å². The van der Waals surface area contributed by atoms with E-state index in [9.17, 15) is 4.79 Å². The van der Waals surface area contributed by atoms with Crippen LogP contribution in [-0.4, -0.2) is 5.78 Å². The first-order valence-electron chi connectivity index (χ1n) is 4.33. The van der Waals surface area contributed by atoms with Crippen LogP contribution in [0, 0.1) is 6.92 Å². The highest BCUT2D eigenvalue weighted by molar-refractivity contribution is 5.96. The molecule has 70 valence electrons. The van der Waals surface area contributed by atoms with Crippen LogP contribution in [-0.2, 0) is 0 Å². The lowest BCUT2D eigenvalue weighted by Crippen LogP contribution is -1.98. The summed E-state index contributed by atoms with van der Waals surface area (Å²) in [6, 6.07) is 1.72. The van der Waals surface area contributed by atoms with Crippen LogP contribution in [0.25, 0.3) is 0 Å². The van der Waals surface area contributed by atoms with Crippen LogP contribution in [0.15, 0.2) is 28.9 Å². The highest BCUT2D eigenvalue weighted by atomic mass is 16.3. The van der Waals surface area contributed by atoms with E-state index in [-0.39, 0.29) is 5.78 Å². The fourth-order valence-electron chi connectivity index (χ4n) is 1.14. The van der Waals surface area contributed by atoms with Gasteiger partial charge in [-0.05, 0) is 26.3 Å². The Bertz CT molecular complexity index is 321. The molecule has 0 aliphatic heterocycles. The van der Waals surface area contributed by atoms with Gasteiger partial charge in [0.25, 0.3) is 0 Å². The van der Waals surface area contributed by atoms with Crippen molar-refractivity contribution in [2.45, 2.75) is 26.7 Å². The van der Waals surface area contributed by atoms with E-state index in [1.165, 1.54) is 0 Å². The molecule has 0 N–H and O–H groups in total. The van der Waals surface area contributed by atoms with Crippen LogP contribution in [0.1, 0.15) is 35.9 Å². The Balaban J connectivity index is 2.59. The minimum absolute atomic E-state index is 0.134. The van der Waals surface area contributed by atoms with Gasteiger partial charge in [-0.3, -0.25) is 4.79 Å². The molecule has 1 aromatic rings. The molecular weight excluding hydrogens is 164 g/mol. The highest BCUT2D eigenvalue weighted by Crippen LogP contribution is 2.13. The molecule has 1 heterocycles. The van der Waals surface area contributed by atoms with E-state index in [1.54, 1.807) is 19.3 Å². The normalized spacial score (nSPS) is 10.0. The lowest BCUT2D eigenvalue weighted by molar-refractivity contribution is 0.0981. The molecular formula is C11H14O2. The van der Waals surface area contributed by atoms with Crippen molar-refractivity contribution in [3.05, 3.63) is 35.8 Å². The number of allylic oxidation sites excluding steroid dienone is 1. The van der Waals surface area contributed by atoms with E-state index in [0.717, 1.165) is 12.0 Å². The topological polar surface area (TPSA) is 30.2 Å². The van der Waals surface area contributed by atoms with Crippen molar-refractivity contribution in [3.8, 4) is 0 Å². The van der Waals surface area contributed by atoms with Crippen LogP contribution >= 0.6 is 0 Å². The van der Waals surface area contributed by atoms with Gasteiger partial charge in [0.1, 0.15) is 5.76 Å². The van der Waals surface area contributed by atoms with Gasteiger partial charge in [0.15, 0.2) is 5.78 Å². The van der Waals surface area contributed by atoms with Crippen LogP contribution in [0.5, 0.6) is 0 Å². The summed E-state index contributed by atoms with van der Waals surface area (Å²) >= 11 is 0. The zero-order chi connectivity index (χ0) is 9.84. The van der Waals surface area contributed by atoms with Gasteiger partial charge in [-0.2, -0.15) is 0 Å². The molecule has 0 aromatic carbocycles. The zero-order valence-corrected chi connectivity index (χ0v) is 8.09. The predicted octanol–water partition coefficient (Wildman–Crippen LogP) is 3.13. The first kappa shape index (κ1) is 9.78. The van der Waals surface area contributed by atoms with E-state index in [4.69, 9.17) is 4.42 Å². The number of Topliss-reactive ketones (excluding diaryl/α,β-unsaturated/α-hetero) is 1. The van der Waals surface area contributed by atoms with Gasteiger partial charge in [-0.1, -0.05) is 5.57 Å². The summed E-state index contributed by atoms with van der Waals surface area (Å²) in [5.74, 6) is 0.834. The molecule has 13 heavy (non-hydrogen) atoms.